The van der Waals surface area contributed by atoms with Crippen molar-refractivity contribution in [3.8, 4) is 5.88 Å². The molecule has 0 radical (unpaired) electrons. The van der Waals surface area contributed by atoms with Gasteiger partial charge in [-0.05, 0) is 30.3 Å². The summed E-state index contributed by atoms with van der Waals surface area (Å²) in [5, 5.41) is 10.2. The van der Waals surface area contributed by atoms with Crippen LogP contribution in [0.15, 0.2) is 46.7 Å². The zero-order chi connectivity index (χ0) is 16.1. The number of hydrogen-bond donors (Lipinski definition) is 2. The number of aromatic hydroxyl groups is 1. The van der Waals surface area contributed by atoms with Crippen LogP contribution in [0.2, 0.25) is 0 Å². The van der Waals surface area contributed by atoms with Gasteiger partial charge in [0.25, 0.3) is 5.56 Å². The first kappa shape index (κ1) is 15.9. The van der Waals surface area contributed by atoms with Gasteiger partial charge in [-0.3, -0.25) is 19.3 Å². The van der Waals surface area contributed by atoms with E-state index >= 15 is 0 Å². The lowest BCUT2D eigenvalue weighted by molar-refractivity contribution is 0.413. The Morgan fingerprint density at radius 3 is 2.86 bits per heavy atom. The molecule has 2 N–H and O–H groups in total. The molecular weight excluding hydrogens is 298 g/mol. The number of rotatable bonds is 5. The van der Waals surface area contributed by atoms with Crippen LogP contribution in [0.3, 0.4) is 0 Å². The Balaban J connectivity index is 2.52. The molecule has 5 nitrogen and oxygen atoms in total. The number of nitrogens with one attached hydrogen (secondary N) is 1. The molecular formula is C16H17N3O2S. The van der Waals surface area contributed by atoms with Crippen molar-refractivity contribution in [1.82, 2.24) is 9.55 Å². The lowest BCUT2D eigenvalue weighted by Gasteiger charge is -2.08. The van der Waals surface area contributed by atoms with Gasteiger partial charge in [-0.25, -0.2) is 0 Å². The van der Waals surface area contributed by atoms with Crippen LogP contribution in [0.4, 0.5) is 5.69 Å². The Morgan fingerprint density at radius 2 is 2.18 bits per heavy atom. The topological polar surface area (TPSA) is 70.4 Å². The van der Waals surface area contributed by atoms with Crippen LogP contribution in [0.25, 0.3) is 0 Å². The van der Waals surface area contributed by atoms with Crippen molar-refractivity contribution in [2.45, 2.75) is 19.9 Å². The number of para-hydroxylation sites is 1. The van der Waals surface area contributed by atoms with Gasteiger partial charge in [0, 0.05) is 12.8 Å². The molecule has 114 valence electrons. The summed E-state index contributed by atoms with van der Waals surface area (Å²) in [6.45, 7) is 5.93. The monoisotopic (exact) mass is 315 g/mol. The predicted molar refractivity (Wildman–Crippen MR) is 90.8 cm³/mol. The van der Waals surface area contributed by atoms with Crippen molar-refractivity contribution >= 4 is 24.1 Å². The summed E-state index contributed by atoms with van der Waals surface area (Å²) in [6, 6.07) is 7.65. The number of aromatic amines is 1. The Labute approximate surface area is 133 Å². The minimum atomic E-state index is -0.472. The third-order valence-corrected chi connectivity index (χ3v) is 3.55. The van der Waals surface area contributed by atoms with E-state index in [1.54, 1.807) is 6.08 Å². The molecule has 1 aromatic carbocycles. The zero-order valence-electron chi connectivity index (χ0n) is 12.2. The number of benzene rings is 1. The number of aromatic nitrogens is 2. The van der Waals surface area contributed by atoms with Gasteiger partial charge in [0.1, 0.15) is 5.56 Å². The second-order valence-corrected chi connectivity index (χ2v) is 5.02. The second kappa shape index (κ2) is 7.00. The van der Waals surface area contributed by atoms with Crippen LogP contribution in [0.1, 0.15) is 18.1 Å². The standard InChI is InChI=1S/C16H17N3O2S/c1-3-9-19-15(21)12(14(20)18-16(19)22)10-17-13-8-6-5-7-11(13)4-2/h3,5-8,10,21H,1,4,9H2,2H3,(H,18,20,22). The van der Waals surface area contributed by atoms with E-state index in [9.17, 15) is 9.90 Å². The third kappa shape index (κ3) is 3.23. The van der Waals surface area contributed by atoms with Crippen LogP contribution in [0.5, 0.6) is 5.88 Å². The van der Waals surface area contributed by atoms with Gasteiger partial charge in [-0.2, -0.15) is 0 Å². The van der Waals surface area contributed by atoms with Crippen molar-refractivity contribution < 1.29 is 5.11 Å². The Hall–Kier alpha value is -2.47. The highest BCUT2D eigenvalue weighted by Gasteiger charge is 2.10. The molecule has 0 atom stereocenters. The van der Waals surface area contributed by atoms with Gasteiger partial charge in [0.15, 0.2) is 4.77 Å². The first-order valence-electron chi connectivity index (χ1n) is 6.87. The van der Waals surface area contributed by atoms with E-state index in [0.717, 1.165) is 17.7 Å². The second-order valence-electron chi connectivity index (χ2n) is 4.64. The van der Waals surface area contributed by atoms with Crippen molar-refractivity contribution in [2.75, 3.05) is 0 Å². The lowest BCUT2D eigenvalue weighted by Crippen LogP contribution is -2.18. The number of allylic oxidation sites excluding steroid dienone is 1. The SMILES string of the molecule is C=CCn1c(O)c(C=Nc2ccccc2CC)c(=O)[nH]c1=S. The molecule has 0 aliphatic rings. The summed E-state index contributed by atoms with van der Waals surface area (Å²) in [6.07, 6.45) is 3.77. The van der Waals surface area contributed by atoms with E-state index in [1.165, 1.54) is 10.8 Å². The fraction of sp³-hybridized carbons (Fsp3) is 0.188. The van der Waals surface area contributed by atoms with Crippen molar-refractivity contribution in [3.63, 3.8) is 0 Å². The molecule has 0 bridgehead atoms. The van der Waals surface area contributed by atoms with Gasteiger partial charge in [-0.15, -0.1) is 6.58 Å². The highest BCUT2D eigenvalue weighted by molar-refractivity contribution is 7.71. The summed E-state index contributed by atoms with van der Waals surface area (Å²) in [7, 11) is 0. The molecule has 1 aromatic heterocycles. The van der Waals surface area contributed by atoms with Crippen LogP contribution >= 0.6 is 12.2 Å². The molecule has 22 heavy (non-hydrogen) atoms. The van der Waals surface area contributed by atoms with Crippen molar-refractivity contribution in [1.29, 1.82) is 0 Å². The highest BCUT2D eigenvalue weighted by Crippen LogP contribution is 2.19. The molecule has 6 heteroatoms. The average Bonchev–Trinajstić information content (AvgIpc) is 2.51. The molecule has 2 rings (SSSR count). The van der Waals surface area contributed by atoms with Gasteiger partial charge in [0.2, 0.25) is 5.88 Å². The van der Waals surface area contributed by atoms with E-state index in [2.05, 4.69) is 16.6 Å². The average molecular weight is 315 g/mol. The molecule has 0 saturated carbocycles. The minimum absolute atomic E-state index is 0.0707. The Morgan fingerprint density at radius 1 is 1.45 bits per heavy atom. The van der Waals surface area contributed by atoms with E-state index in [0.29, 0.717) is 6.54 Å². The fourth-order valence-corrected chi connectivity index (χ4v) is 2.31. The predicted octanol–water partition coefficient (Wildman–Crippen LogP) is 3.11. The molecule has 0 aliphatic heterocycles. The third-order valence-electron chi connectivity index (χ3n) is 3.22. The summed E-state index contributed by atoms with van der Waals surface area (Å²) >= 11 is 5.02. The van der Waals surface area contributed by atoms with Gasteiger partial charge >= 0.3 is 0 Å². The number of aryl methyl sites for hydroxylation is 1. The van der Waals surface area contributed by atoms with E-state index in [-0.39, 0.29) is 16.2 Å². The summed E-state index contributed by atoms with van der Waals surface area (Å²) in [4.78, 5) is 18.8. The molecule has 0 unspecified atom stereocenters. The molecule has 0 fully saturated rings. The van der Waals surface area contributed by atoms with Crippen LogP contribution < -0.4 is 5.56 Å². The van der Waals surface area contributed by atoms with Crippen LogP contribution in [-0.4, -0.2) is 20.9 Å². The molecule has 0 aliphatic carbocycles. The van der Waals surface area contributed by atoms with Gasteiger partial charge < -0.3 is 5.11 Å². The molecule has 2 aromatic rings. The number of aliphatic imine (C=N–C) groups is 1. The Bertz CT molecular complexity index is 834. The van der Waals surface area contributed by atoms with Crippen molar-refractivity contribution in [3.05, 3.63) is 63.2 Å². The lowest BCUT2D eigenvalue weighted by atomic mass is 10.1. The number of H-pyrrole nitrogens is 1. The summed E-state index contributed by atoms with van der Waals surface area (Å²) in [5.74, 6) is -0.216. The quantitative estimate of drug-likeness (QED) is 0.506. The maximum absolute atomic E-state index is 12.0. The zero-order valence-corrected chi connectivity index (χ0v) is 13.1. The first-order valence-corrected chi connectivity index (χ1v) is 7.28. The smallest absolute Gasteiger partial charge is 0.264 e. The van der Waals surface area contributed by atoms with Gasteiger partial charge in [0.05, 0.1) is 5.69 Å². The molecule has 0 spiro atoms. The first-order chi connectivity index (χ1) is 10.6. The van der Waals surface area contributed by atoms with Crippen LogP contribution in [-0.2, 0) is 13.0 Å². The van der Waals surface area contributed by atoms with E-state index in [1.807, 2.05) is 31.2 Å². The van der Waals surface area contributed by atoms with Gasteiger partial charge in [-0.1, -0.05) is 31.2 Å². The van der Waals surface area contributed by atoms with E-state index < -0.39 is 5.56 Å². The van der Waals surface area contributed by atoms with E-state index in [4.69, 9.17) is 12.2 Å². The van der Waals surface area contributed by atoms with Crippen LogP contribution in [0, 0.1) is 4.77 Å². The molecule has 0 saturated heterocycles. The Kier molecular flexibility index (Phi) is 5.06. The molecule has 1 heterocycles. The molecule has 0 amide bonds. The maximum Gasteiger partial charge on any atom is 0.264 e. The summed E-state index contributed by atoms with van der Waals surface area (Å²) in [5.41, 5.74) is 1.43. The minimum Gasteiger partial charge on any atom is -0.494 e. The number of hydrogen-bond acceptors (Lipinski definition) is 4. The van der Waals surface area contributed by atoms with Crippen molar-refractivity contribution in [2.24, 2.45) is 4.99 Å². The summed E-state index contributed by atoms with van der Waals surface area (Å²) < 4.78 is 1.53. The highest BCUT2D eigenvalue weighted by atomic mass is 32.1. The normalized spacial score (nSPS) is 11.0. The number of nitrogens with zero attached hydrogens (tertiary/aromatic N) is 2. The largest absolute Gasteiger partial charge is 0.494 e. The maximum atomic E-state index is 12.0. The fourth-order valence-electron chi connectivity index (χ4n) is 2.06.